The second-order valence-electron chi connectivity index (χ2n) is 3.56. The van der Waals surface area contributed by atoms with Gasteiger partial charge in [-0.3, -0.25) is 0 Å². The summed E-state index contributed by atoms with van der Waals surface area (Å²) in [6.45, 7) is 3.69. The third-order valence-electron chi connectivity index (χ3n) is 2.51. The number of benzene rings is 1. The van der Waals surface area contributed by atoms with Gasteiger partial charge in [-0.05, 0) is 18.9 Å². The fraction of sp³-hybridized carbons (Fsp3) is 0.385. The first-order valence-electron chi connectivity index (χ1n) is 5.32. The fourth-order valence-electron chi connectivity index (χ4n) is 1.66. The summed E-state index contributed by atoms with van der Waals surface area (Å²) in [5.41, 5.74) is 7.07. The van der Waals surface area contributed by atoms with E-state index in [4.69, 9.17) is 15.2 Å². The molecule has 0 amide bonds. The first-order chi connectivity index (χ1) is 7.74. The standard InChI is InChI=1S/C13H19NO2.ClH/c1-4-5-8-11(14)10-7-6-9-12(15-2)13(10)16-3;/h4,6-7,9,11H,1,5,8,14H2,2-3H3;1H/t11-;/m1./s1. The van der Waals surface area contributed by atoms with Crippen molar-refractivity contribution >= 4 is 12.4 Å². The fourth-order valence-corrected chi connectivity index (χ4v) is 1.66. The number of para-hydroxylation sites is 1. The number of ether oxygens (including phenoxy) is 2. The Morgan fingerprint density at radius 1 is 1.35 bits per heavy atom. The quantitative estimate of drug-likeness (QED) is 0.797. The predicted molar refractivity (Wildman–Crippen MR) is 73.2 cm³/mol. The van der Waals surface area contributed by atoms with E-state index >= 15 is 0 Å². The summed E-state index contributed by atoms with van der Waals surface area (Å²) in [6.07, 6.45) is 3.61. The van der Waals surface area contributed by atoms with Crippen LogP contribution < -0.4 is 15.2 Å². The zero-order chi connectivity index (χ0) is 12.0. The Balaban J connectivity index is 0.00000256. The van der Waals surface area contributed by atoms with E-state index in [0.717, 1.165) is 24.2 Å². The van der Waals surface area contributed by atoms with Crippen molar-refractivity contribution in [3.8, 4) is 11.5 Å². The largest absolute Gasteiger partial charge is 0.493 e. The molecule has 0 aliphatic rings. The molecule has 4 heteroatoms. The normalized spacial score (nSPS) is 11.2. The van der Waals surface area contributed by atoms with Gasteiger partial charge in [0.1, 0.15) is 0 Å². The maximum atomic E-state index is 6.10. The number of allylic oxidation sites excluding steroid dienone is 1. The Kier molecular flexibility index (Phi) is 7.42. The van der Waals surface area contributed by atoms with E-state index in [1.807, 2.05) is 24.3 Å². The lowest BCUT2D eigenvalue weighted by Gasteiger charge is -2.17. The molecule has 1 atom stereocenters. The van der Waals surface area contributed by atoms with E-state index < -0.39 is 0 Å². The molecule has 17 heavy (non-hydrogen) atoms. The molecule has 0 radical (unpaired) electrons. The molecule has 0 unspecified atom stereocenters. The summed E-state index contributed by atoms with van der Waals surface area (Å²) in [4.78, 5) is 0. The second-order valence-corrected chi connectivity index (χ2v) is 3.56. The molecule has 0 heterocycles. The Morgan fingerprint density at radius 2 is 2.06 bits per heavy atom. The van der Waals surface area contributed by atoms with Gasteiger partial charge in [0, 0.05) is 11.6 Å². The van der Waals surface area contributed by atoms with E-state index in [0.29, 0.717) is 5.75 Å². The van der Waals surface area contributed by atoms with E-state index in [2.05, 4.69) is 6.58 Å². The van der Waals surface area contributed by atoms with Gasteiger partial charge in [0.05, 0.1) is 14.2 Å². The van der Waals surface area contributed by atoms with Crippen LogP contribution in [-0.2, 0) is 0 Å². The van der Waals surface area contributed by atoms with Crippen molar-refractivity contribution in [2.75, 3.05) is 14.2 Å². The highest BCUT2D eigenvalue weighted by atomic mass is 35.5. The summed E-state index contributed by atoms with van der Waals surface area (Å²) in [5, 5.41) is 0. The summed E-state index contributed by atoms with van der Waals surface area (Å²) in [7, 11) is 3.25. The van der Waals surface area contributed by atoms with Crippen LogP contribution in [0.15, 0.2) is 30.9 Å². The van der Waals surface area contributed by atoms with E-state index in [1.165, 1.54) is 0 Å². The zero-order valence-electron chi connectivity index (χ0n) is 10.3. The molecule has 1 aromatic carbocycles. The number of rotatable bonds is 6. The van der Waals surface area contributed by atoms with Gasteiger partial charge in [0.25, 0.3) is 0 Å². The van der Waals surface area contributed by atoms with Crippen molar-refractivity contribution in [3.05, 3.63) is 36.4 Å². The van der Waals surface area contributed by atoms with Gasteiger partial charge in [-0.2, -0.15) is 0 Å². The number of nitrogens with two attached hydrogens (primary N) is 1. The van der Waals surface area contributed by atoms with Crippen LogP contribution in [0.2, 0.25) is 0 Å². The number of methoxy groups -OCH3 is 2. The Hall–Kier alpha value is -1.19. The monoisotopic (exact) mass is 257 g/mol. The third kappa shape index (κ3) is 3.95. The van der Waals surface area contributed by atoms with Gasteiger partial charge in [0.15, 0.2) is 11.5 Å². The topological polar surface area (TPSA) is 44.5 Å². The van der Waals surface area contributed by atoms with E-state index in [9.17, 15) is 0 Å². The molecule has 0 aromatic heterocycles. The van der Waals surface area contributed by atoms with Crippen LogP contribution in [-0.4, -0.2) is 14.2 Å². The first-order valence-corrected chi connectivity index (χ1v) is 5.32. The molecule has 0 fully saturated rings. The molecule has 2 N–H and O–H groups in total. The molecule has 0 spiro atoms. The minimum absolute atomic E-state index is 0. The van der Waals surface area contributed by atoms with Gasteiger partial charge in [-0.25, -0.2) is 0 Å². The predicted octanol–water partition coefficient (Wildman–Crippen LogP) is 3.09. The van der Waals surface area contributed by atoms with E-state index in [-0.39, 0.29) is 18.4 Å². The Bertz CT molecular complexity index is 355. The van der Waals surface area contributed by atoms with Crippen LogP contribution in [0.1, 0.15) is 24.4 Å². The molecule has 0 aliphatic heterocycles. The maximum Gasteiger partial charge on any atom is 0.165 e. The van der Waals surface area contributed by atoms with Crippen molar-refractivity contribution in [3.63, 3.8) is 0 Å². The smallest absolute Gasteiger partial charge is 0.165 e. The highest BCUT2D eigenvalue weighted by Crippen LogP contribution is 2.34. The molecule has 1 aromatic rings. The molecule has 0 saturated heterocycles. The maximum absolute atomic E-state index is 6.10. The first kappa shape index (κ1) is 15.8. The van der Waals surface area contributed by atoms with Crippen molar-refractivity contribution in [2.24, 2.45) is 5.73 Å². The summed E-state index contributed by atoms with van der Waals surface area (Å²) in [5.74, 6) is 1.44. The van der Waals surface area contributed by atoms with Crippen LogP contribution in [0.4, 0.5) is 0 Å². The molecule has 0 saturated carbocycles. The van der Waals surface area contributed by atoms with Gasteiger partial charge >= 0.3 is 0 Å². The van der Waals surface area contributed by atoms with Gasteiger partial charge in [0.2, 0.25) is 0 Å². The van der Waals surface area contributed by atoms with Crippen molar-refractivity contribution in [2.45, 2.75) is 18.9 Å². The molecular formula is C13H20ClNO2. The average Bonchev–Trinajstić information content (AvgIpc) is 2.34. The summed E-state index contributed by atoms with van der Waals surface area (Å²) < 4.78 is 10.6. The van der Waals surface area contributed by atoms with Crippen molar-refractivity contribution in [1.82, 2.24) is 0 Å². The summed E-state index contributed by atoms with van der Waals surface area (Å²) in [6, 6.07) is 5.70. The minimum Gasteiger partial charge on any atom is -0.493 e. The number of halogens is 1. The highest BCUT2D eigenvalue weighted by Gasteiger charge is 2.14. The zero-order valence-corrected chi connectivity index (χ0v) is 11.1. The lowest BCUT2D eigenvalue weighted by Crippen LogP contribution is -2.11. The second kappa shape index (κ2) is 7.98. The molecule has 0 bridgehead atoms. The van der Waals surface area contributed by atoms with Gasteiger partial charge in [-0.1, -0.05) is 18.2 Å². The molecule has 1 rings (SSSR count). The van der Waals surface area contributed by atoms with Crippen LogP contribution in [0, 0.1) is 0 Å². The number of hydrogen-bond donors (Lipinski definition) is 1. The number of hydrogen-bond acceptors (Lipinski definition) is 3. The van der Waals surface area contributed by atoms with E-state index in [1.54, 1.807) is 14.2 Å². The third-order valence-corrected chi connectivity index (χ3v) is 2.51. The van der Waals surface area contributed by atoms with Crippen LogP contribution in [0.5, 0.6) is 11.5 Å². The average molecular weight is 258 g/mol. The highest BCUT2D eigenvalue weighted by molar-refractivity contribution is 5.85. The van der Waals surface area contributed by atoms with Crippen molar-refractivity contribution < 1.29 is 9.47 Å². The molecule has 0 aliphatic carbocycles. The Morgan fingerprint density at radius 3 is 2.59 bits per heavy atom. The lowest BCUT2D eigenvalue weighted by molar-refractivity contribution is 0.349. The summed E-state index contributed by atoms with van der Waals surface area (Å²) >= 11 is 0. The van der Waals surface area contributed by atoms with Crippen LogP contribution in [0.3, 0.4) is 0 Å². The van der Waals surface area contributed by atoms with Crippen molar-refractivity contribution in [1.29, 1.82) is 0 Å². The van der Waals surface area contributed by atoms with Crippen LogP contribution >= 0.6 is 12.4 Å². The molecule has 96 valence electrons. The molecule has 3 nitrogen and oxygen atoms in total. The Labute approximate surface area is 109 Å². The molecular weight excluding hydrogens is 238 g/mol. The van der Waals surface area contributed by atoms with Crippen LogP contribution in [0.25, 0.3) is 0 Å². The minimum atomic E-state index is -0.0527. The lowest BCUT2D eigenvalue weighted by atomic mass is 10.0. The van der Waals surface area contributed by atoms with Gasteiger partial charge in [-0.15, -0.1) is 19.0 Å². The SMILES string of the molecule is C=CCC[C@@H](N)c1cccc(OC)c1OC.Cl. The van der Waals surface area contributed by atoms with Gasteiger partial charge < -0.3 is 15.2 Å².